The Morgan fingerprint density at radius 2 is 1.75 bits per heavy atom. The van der Waals surface area contributed by atoms with Gasteiger partial charge in [0.15, 0.2) is 0 Å². The van der Waals surface area contributed by atoms with Crippen LogP contribution in [0.3, 0.4) is 0 Å². The van der Waals surface area contributed by atoms with E-state index in [1.165, 1.54) is 0 Å². The van der Waals surface area contributed by atoms with Gasteiger partial charge in [-0.25, -0.2) is 0 Å². The number of rotatable bonds is 2. The summed E-state index contributed by atoms with van der Waals surface area (Å²) in [6.45, 7) is 6.24. The van der Waals surface area contributed by atoms with E-state index in [0.29, 0.717) is 26.1 Å². The summed E-state index contributed by atoms with van der Waals surface area (Å²) in [7, 11) is 0. The highest BCUT2D eigenvalue weighted by molar-refractivity contribution is 5.81. The van der Waals surface area contributed by atoms with Crippen LogP contribution in [-0.4, -0.2) is 53.8 Å². The summed E-state index contributed by atoms with van der Waals surface area (Å²) in [6.07, 6.45) is 1.37. The van der Waals surface area contributed by atoms with Crippen LogP contribution in [-0.2, 0) is 9.59 Å². The van der Waals surface area contributed by atoms with Crippen LogP contribution in [0, 0.1) is 0 Å². The van der Waals surface area contributed by atoms with Gasteiger partial charge in [-0.3, -0.25) is 9.59 Å². The Labute approximate surface area is 96.6 Å². The largest absolute Gasteiger partial charge is 0.341 e. The first-order valence-corrected chi connectivity index (χ1v) is 5.88. The summed E-state index contributed by atoms with van der Waals surface area (Å²) >= 11 is 0. The molecule has 16 heavy (non-hydrogen) atoms. The molecule has 2 N–H and O–H groups in total. The van der Waals surface area contributed by atoms with E-state index in [9.17, 15) is 9.59 Å². The lowest BCUT2D eigenvalue weighted by Crippen LogP contribution is -2.44. The Morgan fingerprint density at radius 3 is 2.31 bits per heavy atom. The number of nitrogens with zero attached hydrogens (tertiary/aromatic N) is 2. The highest BCUT2D eigenvalue weighted by Crippen LogP contribution is 2.06. The molecule has 1 aliphatic rings. The molecule has 0 aromatic heterocycles. The molecular weight excluding hydrogens is 206 g/mol. The highest BCUT2D eigenvalue weighted by atomic mass is 16.2. The lowest BCUT2D eigenvalue weighted by Gasteiger charge is -2.23. The van der Waals surface area contributed by atoms with Gasteiger partial charge in [-0.2, -0.15) is 0 Å². The molecule has 1 rings (SSSR count). The van der Waals surface area contributed by atoms with Crippen LogP contribution >= 0.6 is 0 Å². The normalized spacial score (nSPS) is 19.2. The van der Waals surface area contributed by atoms with Crippen LogP contribution in [0.5, 0.6) is 0 Å². The second-order valence-electron chi connectivity index (χ2n) is 4.20. The van der Waals surface area contributed by atoms with Gasteiger partial charge in [-0.15, -0.1) is 0 Å². The predicted octanol–water partition coefficient (Wildman–Crippen LogP) is -0.195. The number of amides is 2. The number of hydrogen-bond acceptors (Lipinski definition) is 3. The SMILES string of the molecule is CCC(=O)N1CCCN(C(=O)[C@@H](C)N)CC1. The molecule has 5 nitrogen and oxygen atoms in total. The van der Waals surface area contributed by atoms with Crippen molar-refractivity contribution >= 4 is 11.8 Å². The first-order chi connectivity index (χ1) is 7.56. The fourth-order valence-electron chi connectivity index (χ4n) is 1.90. The van der Waals surface area contributed by atoms with Crippen molar-refractivity contribution in [3.05, 3.63) is 0 Å². The van der Waals surface area contributed by atoms with Gasteiger partial charge in [-0.1, -0.05) is 6.92 Å². The van der Waals surface area contributed by atoms with Gasteiger partial charge in [0, 0.05) is 32.6 Å². The minimum atomic E-state index is -0.451. The molecule has 0 spiro atoms. The molecule has 0 aliphatic carbocycles. The molecule has 92 valence electrons. The van der Waals surface area contributed by atoms with E-state index in [4.69, 9.17) is 5.73 Å². The Balaban J connectivity index is 2.52. The van der Waals surface area contributed by atoms with Crippen LogP contribution in [0.4, 0.5) is 0 Å². The van der Waals surface area contributed by atoms with Crippen molar-refractivity contribution in [1.82, 2.24) is 9.80 Å². The van der Waals surface area contributed by atoms with Gasteiger partial charge in [-0.05, 0) is 13.3 Å². The van der Waals surface area contributed by atoms with Crippen LogP contribution in [0.2, 0.25) is 0 Å². The van der Waals surface area contributed by atoms with Crippen LogP contribution in [0.15, 0.2) is 0 Å². The molecule has 2 amide bonds. The Hall–Kier alpha value is -1.10. The van der Waals surface area contributed by atoms with E-state index in [1.54, 1.807) is 11.8 Å². The molecule has 1 atom stereocenters. The number of carbonyl (C=O) groups is 2. The first-order valence-electron chi connectivity index (χ1n) is 5.88. The molecule has 0 aromatic carbocycles. The van der Waals surface area contributed by atoms with Gasteiger partial charge in [0.1, 0.15) is 0 Å². The zero-order valence-corrected chi connectivity index (χ0v) is 10.1. The van der Waals surface area contributed by atoms with Crippen molar-refractivity contribution in [1.29, 1.82) is 0 Å². The minimum Gasteiger partial charge on any atom is -0.341 e. The first kappa shape index (κ1) is 13.0. The summed E-state index contributed by atoms with van der Waals surface area (Å²) in [5.74, 6) is 0.140. The number of carbonyl (C=O) groups excluding carboxylic acids is 2. The second-order valence-corrected chi connectivity index (χ2v) is 4.20. The van der Waals surface area contributed by atoms with Crippen molar-refractivity contribution in [2.24, 2.45) is 5.73 Å². The predicted molar refractivity (Wildman–Crippen MR) is 61.7 cm³/mol. The monoisotopic (exact) mass is 227 g/mol. The van der Waals surface area contributed by atoms with Gasteiger partial charge in [0.25, 0.3) is 0 Å². The van der Waals surface area contributed by atoms with E-state index >= 15 is 0 Å². The molecular formula is C11H21N3O2. The van der Waals surface area contributed by atoms with E-state index in [1.807, 2.05) is 11.8 Å². The van der Waals surface area contributed by atoms with Crippen molar-refractivity contribution < 1.29 is 9.59 Å². The van der Waals surface area contributed by atoms with Gasteiger partial charge < -0.3 is 15.5 Å². The highest BCUT2D eigenvalue weighted by Gasteiger charge is 2.22. The van der Waals surface area contributed by atoms with Crippen molar-refractivity contribution in [2.75, 3.05) is 26.2 Å². The van der Waals surface area contributed by atoms with Crippen molar-refractivity contribution in [3.63, 3.8) is 0 Å². The quantitative estimate of drug-likeness (QED) is 0.710. The molecule has 0 aromatic rings. The van der Waals surface area contributed by atoms with Crippen molar-refractivity contribution in [3.8, 4) is 0 Å². The third-order valence-corrected chi connectivity index (χ3v) is 2.85. The number of nitrogens with two attached hydrogens (primary N) is 1. The van der Waals surface area contributed by atoms with Gasteiger partial charge in [0.2, 0.25) is 11.8 Å². The average Bonchev–Trinajstić information content (AvgIpc) is 2.52. The summed E-state index contributed by atoms with van der Waals surface area (Å²) in [5.41, 5.74) is 5.57. The zero-order chi connectivity index (χ0) is 12.1. The summed E-state index contributed by atoms with van der Waals surface area (Å²) < 4.78 is 0. The summed E-state index contributed by atoms with van der Waals surface area (Å²) in [6, 6.07) is -0.451. The second kappa shape index (κ2) is 5.84. The molecule has 1 aliphatic heterocycles. The van der Waals surface area contributed by atoms with Crippen LogP contribution in [0.1, 0.15) is 26.7 Å². The van der Waals surface area contributed by atoms with Gasteiger partial charge in [0.05, 0.1) is 6.04 Å². The molecule has 1 heterocycles. The van der Waals surface area contributed by atoms with E-state index in [0.717, 1.165) is 13.0 Å². The summed E-state index contributed by atoms with van der Waals surface area (Å²) in [4.78, 5) is 26.8. The molecule has 0 saturated carbocycles. The van der Waals surface area contributed by atoms with Crippen LogP contribution < -0.4 is 5.73 Å². The van der Waals surface area contributed by atoms with E-state index < -0.39 is 6.04 Å². The zero-order valence-electron chi connectivity index (χ0n) is 10.1. The van der Waals surface area contributed by atoms with Crippen molar-refractivity contribution in [2.45, 2.75) is 32.7 Å². The maximum atomic E-state index is 11.7. The molecule has 5 heteroatoms. The summed E-state index contributed by atoms with van der Waals surface area (Å²) in [5, 5.41) is 0. The molecule has 0 radical (unpaired) electrons. The van der Waals surface area contributed by atoms with Crippen LogP contribution in [0.25, 0.3) is 0 Å². The number of hydrogen-bond donors (Lipinski definition) is 1. The minimum absolute atomic E-state index is 0.0224. The lowest BCUT2D eigenvalue weighted by atomic mass is 10.3. The van der Waals surface area contributed by atoms with Gasteiger partial charge >= 0.3 is 0 Å². The Morgan fingerprint density at radius 1 is 1.19 bits per heavy atom. The molecule has 1 saturated heterocycles. The maximum Gasteiger partial charge on any atom is 0.239 e. The maximum absolute atomic E-state index is 11.7. The van der Waals surface area contributed by atoms with E-state index in [-0.39, 0.29) is 11.8 Å². The topological polar surface area (TPSA) is 66.6 Å². The fourth-order valence-corrected chi connectivity index (χ4v) is 1.90. The Kier molecular flexibility index (Phi) is 4.73. The van der Waals surface area contributed by atoms with E-state index in [2.05, 4.69) is 0 Å². The lowest BCUT2D eigenvalue weighted by molar-refractivity contribution is -0.133. The molecule has 0 bridgehead atoms. The molecule has 0 unspecified atom stereocenters. The smallest absolute Gasteiger partial charge is 0.239 e. The fraction of sp³-hybridized carbons (Fsp3) is 0.818. The molecule has 1 fully saturated rings. The standard InChI is InChI=1S/C11H21N3O2/c1-3-10(15)13-5-4-6-14(8-7-13)11(16)9(2)12/h9H,3-8,12H2,1-2H3/t9-/m1/s1. The third-order valence-electron chi connectivity index (χ3n) is 2.85. The third kappa shape index (κ3) is 3.20. The Bertz CT molecular complexity index is 266. The average molecular weight is 227 g/mol.